The zero-order chi connectivity index (χ0) is 14.5. The molecule has 0 bridgehead atoms. The SMILES string of the molecule is CC(=O)O.CCCCCCOC(=O)c1ccccc1. The molecule has 0 fully saturated rings. The van der Waals surface area contributed by atoms with Crippen LogP contribution >= 0.6 is 0 Å². The number of carboxylic acid groups (broad SMARTS) is 1. The van der Waals surface area contributed by atoms with Crippen LogP contribution in [0.25, 0.3) is 0 Å². The van der Waals surface area contributed by atoms with Crippen LogP contribution in [0.3, 0.4) is 0 Å². The first-order valence-corrected chi connectivity index (χ1v) is 6.49. The van der Waals surface area contributed by atoms with Gasteiger partial charge in [0.2, 0.25) is 0 Å². The smallest absolute Gasteiger partial charge is 0.338 e. The summed E-state index contributed by atoms with van der Waals surface area (Å²) in [6.07, 6.45) is 4.51. The maximum absolute atomic E-state index is 11.5. The summed E-state index contributed by atoms with van der Waals surface area (Å²) >= 11 is 0. The molecule has 4 nitrogen and oxygen atoms in total. The van der Waals surface area contributed by atoms with E-state index in [0.29, 0.717) is 12.2 Å². The van der Waals surface area contributed by atoms with Crippen LogP contribution in [0.5, 0.6) is 0 Å². The molecule has 0 amide bonds. The summed E-state index contributed by atoms with van der Waals surface area (Å²) in [7, 11) is 0. The number of carbonyl (C=O) groups is 2. The highest BCUT2D eigenvalue weighted by Gasteiger charge is 2.04. The number of hydrogen-bond acceptors (Lipinski definition) is 3. The number of benzene rings is 1. The van der Waals surface area contributed by atoms with Gasteiger partial charge in [0.25, 0.3) is 5.97 Å². The second kappa shape index (κ2) is 11.3. The molecule has 1 N–H and O–H groups in total. The largest absolute Gasteiger partial charge is 0.481 e. The molecule has 0 aromatic heterocycles. The van der Waals surface area contributed by atoms with Crippen LogP contribution in [-0.4, -0.2) is 23.7 Å². The van der Waals surface area contributed by atoms with Crippen LogP contribution < -0.4 is 0 Å². The van der Waals surface area contributed by atoms with Crippen molar-refractivity contribution in [2.45, 2.75) is 39.5 Å². The second-order valence-corrected chi connectivity index (χ2v) is 4.08. The molecule has 0 atom stereocenters. The number of carboxylic acids is 1. The zero-order valence-electron chi connectivity index (χ0n) is 11.6. The molecular weight excluding hydrogens is 244 g/mol. The zero-order valence-corrected chi connectivity index (χ0v) is 11.6. The van der Waals surface area contributed by atoms with Crippen molar-refractivity contribution in [3.8, 4) is 0 Å². The van der Waals surface area contributed by atoms with E-state index < -0.39 is 5.97 Å². The molecule has 1 aromatic carbocycles. The first kappa shape index (κ1) is 17.2. The molecule has 0 aliphatic heterocycles. The lowest BCUT2D eigenvalue weighted by atomic mass is 10.2. The van der Waals surface area contributed by atoms with E-state index >= 15 is 0 Å². The molecular formula is C15H22O4. The molecule has 0 unspecified atom stereocenters. The topological polar surface area (TPSA) is 63.6 Å². The number of hydrogen-bond donors (Lipinski definition) is 1. The third kappa shape index (κ3) is 11.0. The monoisotopic (exact) mass is 266 g/mol. The fourth-order valence-electron chi connectivity index (χ4n) is 1.35. The summed E-state index contributed by atoms with van der Waals surface area (Å²) in [5.41, 5.74) is 0.632. The van der Waals surface area contributed by atoms with Crippen LogP contribution in [0.4, 0.5) is 0 Å². The molecule has 1 aromatic rings. The Bertz CT molecular complexity index is 356. The lowest BCUT2D eigenvalue weighted by Crippen LogP contribution is -2.06. The maximum Gasteiger partial charge on any atom is 0.338 e. The number of esters is 1. The molecule has 0 aliphatic rings. The van der Waals surface area contributed by atoms with Crippen LogP contribution in [-0.2, 0) is 9.53 Å². The minimum atomic E-state index is -0.833. The first-order chi connectivity index (χ1) is 9.07. The average Bonchev–Trinajstić information content (AvgIpc) is 2.38. The molecule has 0 saturated carbocycles. The Labute approximate surface area is 114 Å². The second-order valence-electron chi connectivity index (χ2n) is 4.08. The molecule has 106 valence electrons. The van der Waals surface area contributed by atoms with Gasteiger partial charge in [0.05, 0.1) is 12.2 Å². The van der Waals surface area contributed by atoms with Crippen molar-refractivity contribution in [3.63, 3.8) is 0 Å². The fourth-order valence-corrected chi connectivity index (χ4v) is 1.35. The molecule has 0 spiro atoms. The molecule has 0 saturated heterocycles. The molecule has 1 rings (SSSR count). The summed E-state index contributed by atoms with van der Waals surface area (Å²) in [4.78, 5) is 20.5. The van der Waals surface area contributed by atoms with E-state index in [-0.39, 0.29) is 5.97 Å². The van der Waals surface area contributed by atoms with Crippen molar-refractivity contribution in [1.29, 1.82) is 0 Å². The molecule has 4 heteroatoms. The fraction of sp³-hybridized carbons (Fsp3) is 0.467. The molecule has 0 aliphatic carbocycles. The summed E-state index contributed by atoms with van der Waals surface area (Å²) in [6, 6.07) is 9.11. The van der Waals surface area contributed by atoms with E-state index in [2.05, 4.69) is 6.92 Å². The van der Waals surface area contributed by atoms with E-state index in [1.54, 1.807) is 12.1 Å². The van der Waals surface area contributed by atoms with Gasteiger partial charge in [-0.15, -0.1) is 0 Å². The van der Waals surface area contributed by atoms with Gasteiger partial charge in [-0.3, -0.25) is 4.79 Å². The predicted molar refractivity (Wildman–Crippen MR) is 74.2 cm³/mol. The molecule has 0 heterocycles. The third-order valence-electron chi connectivity index (χ3n) is 2.24. The van der Waals surface area contributed by atoms with Crippen molar-refractivity contribution in [1.82, 2.24) is 0 Å². The van der Waals surface area contributed by atoms with E-state index in [0.717, 1.165) is 19.8 Å². The van der Waals surface area contributed by atoms with Gasteiger partial charge in [0.1, 0.15) is 0 Å². The van der Waals surface area contributed by atoms with Gasteiger partial charge in [-0.25, -0.2) is 4.79 Å². The highest BCUT2D eigenvalue weighted by molar-refractivity contribution is 5.89. The molecule has 19 heavy (non-hydrogen) atoms. The van der Waals surface area contributed by atoms with Crippen molar-refractivity contribution in [2.24, 2.45) is 0 Å². The summed E-state index contributed by atoms with van der Waals surface area (Å²) in [5.74, 6) is -1.05. The summed E-state index contributed by atoms with van der Waals surface area (Å²) in [5, 5.41) is 7.42. The van der Waals surface area contributed by atoms with Crippen molar-refractivity contribution < 1.29 is 19.4 Å². The van der Waals surface area contributed by atoms with Crippen LogP contribution in [0, 0.1) is 0 Å². The van der Waals surface area contributed by atoms with Gasteiger partial charge in [-0.2, -0.15) is 0 Å². The highest BCUT2D eigenvalue weighted by atomic mass is 16.5. The normalized spacial score (nSPS) is 9.16. The highest BCUT2D eigenvalue weighted by Crippen LogP contribution is 2.03. The van der Waals surface area contributed by atoms with Gasteiger partial charge in [0, 0.05) is 6.92 Å². The predicted octanol–water partition coefficient (Wildman–Crippen LogP) is 3.51. The van der Waals surface area contributed by atoms with E-state index in [1.165, 1.54) is 12.8 Å². The van der Waals surface area contributed by atoms with Gasteiger partial charge in [-0.1, -0.05) is 44.4 Å². The number of ether oxygens (including phenoxy) is 1. The average molecular weight is 266 g/mol. The van der Waals surface area contributed by atoms with E-state index in [1.807, 2.05) is 18.2 Å². The quantitative estimate of drug-likeness (QED) is 0.632. The van der Waals surface area contributed by atoms with Crippen molar-refractivity contribution >= 4 is 11.9 Å². The summed E-state index contributed by atoms with van der Waals surface area (Å²) < 4.78 is 5.14. The minimum absolute atomic E-state index is 0.216. The van der Waals surface area contributed by atoms with Crippen LogP contribution in [0.2, 0.25) is 0 Å². The van der Waals surface area contributed by atoms with Crippen LogP contribution in [0.1, 0.15) is 49.9 Å². The van der Waals surface area contributed by atoms with Crippen molar-refractivity contribution in [2.75, 3.05) is 6.61 Å². The summed E-state index contributed by atoms with van der Waals surface area (Å²) in [6.45, 7) is 3.78. The Hall–Kier alpha value is -1.84. The Morgan fingerprint density at radius 3 is 2.21 bits per heavy atom. The van der Waals surface area contributed by atoms with Crippen LogP contribution in [0.15, 0.2) is 30.3 Å². The first-order valence-electron chi connectivity index (χ1n) is 6.49. The number of rotatable bonds is 6. The molecule has 0 radical (unpaired) electrons. The minimum Gasteiger partial charge on any atom is -0.481 e. The van der Waals surface area contributed by atoms with E-state index in [4.69, 9.17) is 14.6 Å². The Kier molecular flexibility index (Phi) is 10.2. The third-order valence-corrected chi connectivity index (χ3v) is 2.24. The standard InChI is InChI=1S/C13H18O2.C2H4O2/c1-2-3-4-8-11-15-13(14)12-9-6-5-7-10-12;1-2(3)4/h5-7,9-10H,2-4,8,11H2,1H3;1H3,(H,3,4). The van der Waals surface area contributed by atoms with Gasteiger partial charge >= 0.3 is 5.97 Å². The van der Waals surface area contributed by atoms with Gasteiger partial charge < -0.3 is 9.84 Å². The Morgan fingerprint density at radius 1 is 1.11 bits per heavy atom. The van der Waals surface area contributed by atoms with Crippen molar-refractivity contribution in [3.05, 3.63) is 35.9 Å². The van der Waals surface area contributed by atoms with Gasteiger partial charge in [-0.05, 0) is 18.6 Å². The Morgan fingerprint density at radius 2 is 1.68 bits per heavy atom. The lowest BCUT2D eigenvalue weighted by molar-refractivity contribution is -0.134. The number of carbonyl (C=O) groups excluding carboxylic acids is 1. The number of aliphatic carboxylic acids is 1. The lowest BCUT2D eigenvalue weighted by Gasteiger charge is -2.03. The van der Waals surface area contributed by atoms with E-state index in [9.17, 15) is 4.79 Å². The van der Waals surface area contributed by atoms with Gasteiger partial charge in [0.15, 0.2) is 0 Å². The Balaban J connectivity index is 0.000000711. The number of unbranched alkanes of at least 4 members (excludes halogenated alkanes) is 3. The maximum atomic E-state index is 11.5.